The van der Waals surface area contributed by atoms with E-state index < -0.39 is 28.5 Å². The van der Waals surface area contributed by atoms with Crippen molar-refractivity contribution in [1.29, 1.82) is 0 Å². The van der Waals surface area contributed by atoms with Crippen LogP contribution in [0.1, 0.15) is 51.7 Å². The smallest absolute Gasteiger partial charge is 0.244 e. The number of rotatable bonds is 13. The van der Waals surface area contributed by atoms with Gasteiger partial charge in [0.05, 0.1) is 18.6 Å². The number of ether oxygens (including phenoxy) is 1. The molecule has 0 unspecified atom stereocenters. The third kappa shape index (κ3) is 7.98. The lowest BCUT2D eigenvalue weighted by Gasteiger charge is -2.33. The molecule has 0 saturated heterocycles. The molecule has 1 N–H and O–H groups in total. The molecule has 0 bridgehead atoms. The Bertz CT molecular complexity index is 1120. The minimum absolute atomic E-state index is 0.0432. The number of sulfonamides is 1. The van der Waals surface area contributed by atoms with Gasteiger partial charge >= 0.3 is 0 Å². The maximum atomic E-state index is 13.7. The van der Waals surface area contributed by atoms with Crippen LogP contribution in [-0.4, -0.2) is 56.6 Å². The van der Waals surface area contributed by atoms with E-state index in [1.807, 2.05) is 58.9 Å². The normalized spacial score (nSPS) is 12.9. The van der Waals surface area contributed by atoms with Crippen molar-refractivity contribution in [3.8, 4) is 5.75 Å². The summed E-state index contributed by atoms with van der Waals surface area (Å²) in [5, 5.41) is 2.97. The number of carbonyl (C=O) groups excluding carboxylic acids is 2. The van der Waals surface area contributed by atoms with Crippen LogP contribution in [0, 0.1) is 6.92 Å². The van der Waals surface area contributed by atoms with Crippen molar-refractivity contribution in [3.63, 3.8) is 0 Å². The molecule has 0 aromatic heterocycles. The van der Waals surface area contributed by atoms with Gasteiger partial charge in [0.1, 0.15) is 18.3 Å². The molecule has 0 spiro atoms. The Balaban J connectivity index is 2.43. The van der Waals surface area contributed by atoms with Gasteiger partial charge in [-0.25, -0.2) is 8.42 Å². The fourth-order valence-corrected chi connectivity index (χ4v) is 4.67. The minimum atomic E-state index is -3.78. The Labute approximate surface area is 215 Å². The second-order valence-corrected chi connectivity index (χ2v) is 10.8. The second-order valence-electron chi connectivity index (χ2n) is 8.89. The van der Waals surface area contributed by atoms with Gasteiger partial charge in [-0.1, -0.05) is 38.1 Å². The van der Waals surface area contributed by atoms with E-state index in [4.69, 9.17) is 4.74 Å². The number of carbonyl (C=O) groups is 2. The number of hydrogen-bond donors (Lipinski definition) is 1. The van der Waals surface area contributed by atoms with Crippen molar-refractivity contribution in [3.05, 3.63) is 59.7 Å². The SMILES string of the molecule is CCOc1ccc(N(CC(=O)N(Cc2ccccc2C)[C@H](CC)C(=O)N[C@@H](C)CC)S(C)(=O)=O)cc1. The Morgan fingerprint density at radius 3 is 2.17 bits per heavy atom. The number of aryl methyl sites for hydroxylation is 1. The molecule has 8 nitrogen and oxygen atoms in total. The van der Waals surface area contributed by atoms with Gasteiger partial charge in [-0.05, 0) is 69.0 Å². The Morgan fingerprint density at radius 2 is 1.64 bits per heavy atom. The molecular formula is C27H39N3O5S. The van der Waals surface area contributed by atoms with E-state index in [1.54, 1.807) is 24.3 Å². The first-order valence-electron chi connectivity index (χ1n) is 12.4. The summed E-state index contributed by atoms with van der Waals surface area (Å²) < 4.78 is 31.9. The van der Waals surface area contributed by atoms with Crippen molar-refractivity contribution in [2.24, 2.45) is 0 Å². The van der Waals surface area contributed by atoms with Gasteiger partial charge in [-0.2, -0.15) is 0 Å². The highest BCUT2D eigenvalue weighted by molar-refractivity contribution is 7.92. The summed E-state index contributed by atoms with van der Waals surface area (Å²) in [7, 11) is -3.78. The van der Waals surface area contributed by atoms with Crippen molar-refractivity contribution in [2.45, 2.75) is 66.1 Å². The molecule has 0 radical (unpaired) electrons. The predicted molar refractivity (Wildman–Crippen MR) is 144 cm³/mol. The van der Waals surface area contributed by atoms with E-state index in [2.05, 4.69) is 5.32 Å². The summed E-state index contributed by atoms with van der Waals surface area (Å²) in [5.41, 5.74) is 2.23. The maximum Gasteiger partial charge on any atom is 0.244 e. The molecule has 0 aliphatic rings. The topological polar surface area (TPSA) is 96.0 Å². The third-order valence-electron chi connectivity index (χ3n) is 6.10. The zero-order valence-electron chi connectivity index (χ0n) is 22.2. The molecule has 36 heavy (non-hydrogen) atoms. The molecule has 2 aromatic carbocycles. The number of nitrogens with zero attached hydrogens (tertiary/aromatic N) is 2. The molecule has 198 valence electrons. The van der Waals surface area contributed by atoms with Crippen LogP contribution in [0.3, 0.4) is 0 Å². The molecule has 2 amide bonds. The monoisotopic (exact) mass is 517 g/mol. The van der Waals surface area contributed by atoms with Gasteiger partial charge in [0.15, 0.2) is 0 Å². The van der Waals surface area contributed by atoms with Crippen molar-refractivity contribution in [2.75, 3.05) is 23.7 Å². The largest absolute Gasteiger partial charge is 0.494 e. The van der Waals surface area contributed by atoms with Crippen LogP contribution < -0.4 is 14.4 Å². The maximum absolute atomic E-state index is 13.7. The molecule has 2 atom stereocenters. The van der Waals surface area contributed by atoms with Gasteiger partial charge < -0.3 is 15.0 Å². The average molecular weight is 518 g/mol. The van der Waals surface area contributed by atoms with Crippen LogP contribution in [0.15, 0.2) is 48.5 Å². The first-order valence-corrected chi connectivity index (χ1v) is 14.2. The number of anilines is 1. The van der Waals surface area contributed by atoms with Crippen LogP contribution in [0.2, 0.25) is 0 Å². The lowest BCUT2D eigenvalue weighted by Crippen LogP contribution is -2.53. The highest BCUT2D eigenvalue weighted by atomic mass is 32.2. The molecule has 0 aliphatic carbocycles. The Hall–Kier alpha value is -3.07. The molecule has 0 aliphatic heterocycles. The van der Waals surface area contributed by atoms with Gasteiger partial charge in [0, 0.05) is 12.6 Å². The highest BCUT2D eigenvalue weighted by Crippen LogP contribution is 2.23. The molecule has 0 saturated carbocycles. The van der Waals surface area contributed by atoms with Gasteiger partial charge in [-0.15, -0.1) is 0 Å². The lowest BCUT2D eigenvalue weighted by atomic mass is 10.1. The van der Waals surface area contributed by atoms with Crippen molar-refractivity contribution >= 4 is 27.5 Å². The highest BCUT2D eigenvalue weighted by Gasteiger charge is 2.32. The zero-order chi connectivity index (χ0) is 26.9. The molecule has 9 heteroatoms. The Morgan fingerprint density at radius 1 is 1.00 bits per heavy atom. The standard InChI is InChI=1S/C27H39N3O5S/c1-7-21(5)28-27(32)25(8-2)29(18-22-13-11-10-12-20(22)4)26(31)19-30(36(6,33)34)23-14-16-24(17-15-23)35-9-3/h10-17,21,25H,7-9,18-19H2,1-6H3,(H,28,32)/t21-,25+/m0/s1. The Kier molecular flexibility index (Phi) is 10.8. The minimum Gasteiger partial charge on any atom is -0.494 e. The summed E-state index contributed by atoms with van der Waals surface area (Å²) in [6, 6.07) is 13.4. The first-order chi connectivity index (χ1) is 17.0. The van der Waals surface area contributed by atoms with E-state index in [0.29, 0.717) is 24.5 Å². The quantitative estimate of drug-likeness (QED) is 0.435. The van der Waals surface area contributed by atoms with Crippen LogP contribution in [0.4, 0.5) is 5.69 Å². The van der Waals surface area contributed by atoms with Crippen molar-refractivity contribution in [1.82, 2.24) is 10.2 Å². The number of benzene rings is 2. The van der Waals surface area contributed by atoms with Crippen molar-refractivity contribution < 1.29 is 22.7 Å². The second kappa shape index (κ2) is 13.3. The van der Waals surface area contributed by atoms with Crippen LogP contribution in [-0.2, 0) is 26.2 Å². The molecule has 0 heterocycles. The molecule has 2 aromatic rings. The van der Waals surface area contributed by atoms with Crippen LogP contribution >= 0.6 is 0 Å². The fraction of sp³-hybridized carbons (Fsp3) is 0.481. The number of amides is 2. The van der Waals surface area contributed by atoms with Gasteiger partial charge in [-0.3, -0.25) is 13.9 Å². The summed E-state index contributed by atoms with van der Waals surface area (Å²) in [4.78, 5) is 28.4. The molecular weight excluding hydrogens is 478 g/mol. The first kappa shape index (κ1) is 29.2. The van der Waals surface area contributed by atoms with E-state index in [0.717, 1.165) is 28.1 Å². The average Bonchev–Trinajstić information content (AvgIpc) is 2.83. The molecule has 2 rings (SSSR count). The predicted octanol–water partition coefficient (Wildman–Crippen LogP) is 3.88. The van der Waals surface area contributed by atoms with Gasteiger partial charge in [0.2, 0.25) is 21.8 Å². The summed E-state index contributed by atoms with van der Waals surface area (Å²) in [6.07, 6.45) is 2.21. The summed E-state index contributed by atoms with van der Waals surface area (Å²) in [6.45, 7) is 9.79. The third-order valence-corrected chi connectivity index (χ3v) is 7.24. The number of hydrogen-bond acceptors (Lipinski definition) is 5. The fourth-order valence-electron chi connectivity index (χ4n) is 3.82. The van der Waals surface area contributed by atoms with Crippen LogP contribution in [0.25, 0.3) is 0 Å². The van der Waals surface area contributed by atoms with E-state index >= 15 is 0 Å². The van der Waals surface area contributed by atoms with E-state index in [-0.39, 0.29) is 18.5 Å². The van der Waals surface area contributed by atoms with Crippen LogP contribution in [0.5, 0.6) is 5.75 Å². The van der Waals surface area contributed by atoms with Gasteiger partial charge in [0.25, 0.3) is 0 Å². The zero-order valence-corrected chi connectivity index (χ0v) is 23.0. The summed E-state index contributed by atoms with van der Waals surface area (Å²) in [5.74, 6) is -0.0977. The number of nitrogens with one attached hydrogen (secondary N) is 1. The summed E-state index contributed by atoms with van der Waals surface area (Å²) >= 11 is 0. The lowest BCUT2D eigenvalue weighted by molar-refractivity contribution is -0.140. The van der Waals surface area contributed by atoms with E-state index in [1.165, 1.54) is 4.90 Å². The molecule has 0 fully saturated rings. The van der Waals surface area contributed by atoms with E-state index in [9.17, 15) is 18.0 Å².